The molecule has 1 rings (SSSR count). The van der Waals surface area contributed by atoms with Crippen LogP contribution in [-0.4, -0.2) is 12.5 Å². The number of nitrogens with zero attached hydrogens (tertiary/aromatic N) is 1. The minimum atomic E-state index is -0.232. The number of hydrogen-bond acceptors (Lipinski definition) is 1. The summed E-state index contributed by atoms with van der Waals surface area (Å²) in [6.07, 6.45) is 0. The van der Waals surface area contributed by atoms with Gasteiger partial charge in [0.15, 0.2) is 5.96 Å². The molecule has 0 aliphatic rings. The van der Waals surface area contributed by atoms with Crippen LogP contribution in [-0.2, 0) is 0 Å². The molecular weight excluding hydrogens is 217 g/mol. The van der Waals surface area contributed by atoms with Crippen molar-refractivity contribution in [3.8, 4) is 0 Å². The molecular formula is C13H20FN3. The van der Waals surface area contributed by atoms with Crippen LogP contribution in [0.25, 0.3) is 0 Å². The number of hydrogen-bond donors (Lipinski definition) is 2. The fraction of sp³-hybridized carbons (Fsp3) is 0.462. The Labute approximate surface area is 102 Å². The summed E-state index contributed by atoms with van der Waals surface area (Å²) in [5, 5.41) is 2.98. The molecule has 0 spiro atoms. The molecule has 0 saturated carbocycles. The average Bonchev–Trinajstić information content (AvgIpc) is 2.26. The first-order valence-electron chi connectivity index (χ1n) is 5.81. The van der Waals surface area contributed by atoms with Crippen molar-refractivity contribution in [2.24, 2.45) is 16.6 Å². The van der Waals surface area contributed by atoms with Crippen LogP contribution in [0.15, 0.2) is 29.3 Å². The molecule has 3 nitrogen and oxygen atoms in total. The molecule has 0 bridgehead atoms. The summed E-state index contributed by atoms with van der Waals surface area (Å²) in [5.74, 6) is 0.581. The molecule has 0 radical (unpaired) electrons. The Morgan fingerprint density at radius 2 is 2.00 bits per heavy atom. The van der Waals surface area contributed by atoms with Crippen LogP contribution < -0.4 is 11.1 Å². The molecule has 3 N–H and O–H groups in total. The van der Waals surface area contributed by atoms with Crippen molar-refractivity contribution in [2.75, 3.05) is 6.54 Å². The maximum Gasteiger partial charge on any atom is 0.189 e. The Balaban J connectivity index is 2.63. The summed E-state index contributed by atoms with van der Waals surface area (Å²) in [7, 11) is 0. The quantitative estimate of drug-likeness (QED) is 0.624. The number of aliphatic imine (C=N–C) groups is 1. The summed E-state index contributed by atoms with van der Waals surface area (Å²) in [5.41, 5.74) is 6.32. The minimum Gasteiger partial charge on any atom is -0.370 e. The van der Waals surface area contributed by atoms with E-state index in [4.69, 9.17) is 5.73 Å². The first kappa shape index (κ1) is 13.5. The number of guanidine groups is 1. The lowest BCUT2D eigenvalue weighted by atomic mass is 10.1. The van der Waals surface area contributed by atoms with E-state index in [0.717, 1.165) is 0 Å². The van der Waals surface area contributed by atoms with Crippen molar-refractivity contribution in [1.82, 2.24) is 5.32 Å². The highest BCUT2D eigenvalue weighted by Gasteiger charge is 2.10. The number of rotatable bonds is 4. The van der Waals surface area contributed by atoms with E-state index in [1.54, 1.807) is 18.2 Å². The second-order valence-corrected chi connectivity index (χ2v) is 4.51. The molecule has 0 aliphatic carbocycles. The highest BCUT2D eigenvalue weighted by atomic mass is 19.1. The zero-order chi connectivity index (χ0) is 12.8. The smallest absolute Gasteiger partial charge is 0.189 e. The summed E-state index contributed by atoms with van der Waals surface area (Å²) in [4.78, 5) is 4.18. The fourth-order valence-corrected chi connectivity index (χ4v) is 1.45. The first-order valence-corrected chi connectivity index (χ1v) is 5.81. The Kier molecular flexibility index (Phi) is 4.94. The van der Waals surface area contributed by atoms with Gasteiger partial charge >= 0.3 is 0 Å². The lowest BCUT2D eigenvalue weighted by molar-refractivity contribution is 0.576. The van der Waals surface area contributed by atoms with Gasteiger partial charge < -0.3 is 11.1 Å². The van der Waals surface area contributed by atoms with E-state index in [2.05, 4.69) is 24.2 Å². The maximum atomic E-state index is 13.5. The highest BCUT2D eigenvalue weighted by Crippen LogP contribution is 2.15. The molecule has 1 aromatic carbocycles. The van der Waals surface area contributed by atoms with Gasteiger partial charge in [-0.1, -0.05) is 32.0 Å². The van der Waals surface area contributed by atoms with Crippen molar-refractivity contribution >= 4 is 5.96 Å². The second kappa shape index (κ2) is 6.23. The Morgan fingerprint density at radius 3 is 2.59 bits per heavy atom. The van der Waals surface area contributed by atoms with Crippen molar-refractivity contribution in [2.45, 2.75) is 26.8 Å². The molecule has 1 aromatic rings. The monoisotopic (exact) mass is 237 g/mol. The molecule has 1 atom stereocenters. The lowest BCUT2D eigenvalue weighted by Gasteiger charge is -2.15. The lowest BCUT2D eigenvalue weighted by Crippen LogP contribution is -2.34. The standard InChI is InChI=1S/C13H20FN3/c1-9(2)8-16-13(15)17-10(3)11-6-4-5-7-12(11)14/h4-7,9-10H,8H2,1-3H3,(H3,15,16,17). The predicted molar refractivity (Wildman–Crippen MR) is 69.3 cm³/mol. The van der Waals surface area contributed by atoms with E-state index in [1.807, 2.05) is 6.92 Å². The van der Waals surface area contributed by atoms with Crippen molar-refractivity contribution in [1.29, 1.82) is 0 Å². The Bertz CT molecular complexity index is 388. The molecule has 0 fully saturated rings. The third-order valence-electron chi connectivity index (χ3n) is 2.36. The average molecular weight is 237 g/mol. The molecule has 0 heterocycles. The van der Waals surface area contributed by atoms with E-state index >= 15 is 0 Å². The van der Waals surface area contributed by atoms with Crippen LogP contribution in [0.1, 0.15) is 32.4 Å². The molecule has 94 valence electrons. The van der Waals surface area contributed by atoms with Gasteiger partial charge in [0.2, 0.25) is 0 Å². The van der Waals surface area contributed by atoms with E-state index < -0.39 is 0 Å². The number of nitrogens with two attached hydrogens (primary N) is 1. The Morgan fingerprint density at radius 1 is 1.35 bits per heavy atom. The van der Waals surface area contributed by atoms with Crippen molar-refractivity contribution < 1.29 is 4.39 Å². The predicted octanol–water partition coefficient (Wildman–Crippen LogP) is 2.45. The van der Waals surface area contributed by atoms with Gasteiger partial charge in [-0.05, 0) is 18.9 Å². The molecule has 1 unspecified atom stereocenters. The van der Waals surface area contributed by atoms with Gasteiger partial charge in [-0.2, -0.15) is 0 Å². The Hall–Kier alpha value is -1.58. The number of benzene rings is 1. The van der Waals surface area contributed by atoms with Crippen molar-refractivity contribution in [3.05, 3.63) is 35.6 Å². The van der Waals surface area contributed by atoms with Gasteiger partial charge in [-0.15, -0.1) is 0 Å². The molecule has 17 heavy (non-hydrogen) atoms. The van der Waals surface area contributed by atoms with Crippen LogP contribution in [0.4, 0.5) is 4.39 Å². The van der Waals surface area contributed by atoms with Crippen LogP contribution >= 0.6 is 0 Å². The largest absolute Gasteiger partial charge is 0.370 e. The maximum absolute atomic E-state index is 13.5. The van der Waals surface area contributed by atoms with Gasteiger partial charge in [0, 0.05) is 12.1 Å². The molecule has 0 amide bonds. The van der Waals surface area contributed by atoms with E-state index in [9.17, 15) is 4.39 Å². The van der Waals surface area contributed by atoms with Gasteiger partial charge in [-0.25, -0.2) is 4.39 Å². The van der Waals surface area contributed by atoms with E-state index in [0.29, 0.717) is 24.0 Å². The zero-order valence-corrected chi connectivity index (χ0v) is 10.6. The molecule has 0 saturated heterocycles. The van der Waals surface area contributed by atoms with Gasteiger partial charge in [0.05, 0.1) is 6.04 Å². The molecule has 0 aromatic heterocycles. The minimum absolute atomic E-state index is 0.188. The summed E-state index contributed by atoms with van der Waals surface area (Å²) in [6.45, 7) is 6.66. The number of nitrogens with one attached hydrogen (secondary N) is 1. The van der Waals surface area contributed by atoms with Crippen LogP contribution in [0, 0.1) is 11.7 Å². The second-order valence-electron chi connectivity index (χ2n) is 4.51. The third kappa shape index (κ3) is 4.43. The summed E-state index contributed by atoms with van der Waals surface area (Å²) in [6, 6.07) is 6.46. The van der Waals surface area contributed by atoms with Gasteiger partial charge in [-0.3, -0.25) is 4.99 Å². The fourth-order valence-electron chi connectivity index (χ4n) is 1.45. The van der Waals surface area contributed by atoms with Gasteiger partial charge in [0.1, 0.15) is 5.82 Å². The summed E-state index contributed by atoms with van der Waals surface area (Å²) >= 11 is 0. The molecule has 0 aliphatic heterocycles. The zero-order valence-electron chi connectivity index (χ0n) is 10.6. The first-order chi connectivity index (χ1) is 8.00. The summed E-state index contributed by atoms with van der Waals surface area (Å²) < 4.78 is 13.5. The number of halogens is 1. The normalized spacial score (nSPS) is 13.8. The van der Waals surface area contributed by atoms with E-state index in [1.165, 1.54) is 6.07 Å². The third-order valence-corrected chi connectivity index (χ3v) is 2.36. The highest BCUT2D eigenvalue weighted by molar-refractivity contribution is 5.78. The van der Waals surface area contributed by atoms with Crippen LogP contribution in [0.5, 0.6) is 0 Å². The van der Waals surface area contributed by atoms with Crippen LogP contribution in [0.3, 0.4) is 0 Å². The van der Waals surface area contributed by atoms with Crippen LogP contribution in [0.2, 0.25) is 0 Å². The van der Waals surface area contributed by atoms with E-state index in [-0.39, 0.29) is 11.9 Å². The topological polar surface area (TPSA) is 50.4 Å². The molecule has 4 heteroatoms. The van der Waals surface area contributed by atoms with Crippen molar-refractivity contribution in [3.63, 3.8) is 0 Å². The van der Waals surface area contributed by atoms with Gasteiger partial charge in [0.25, 0.3) is 0 Å². The SMILES string of the molecule is CC(C)CN=C(N)NC(C)c1ccccc1F.